The maximum atomic E-state index is 12.4. The molecule has 0 saturated carbocycles. The lowest BCUT2D eigenvalue weighted by molar-refractivity contribution is -0.139. The molecular weight excluding hydrogens is 316 g/mol. The van der Waals surface area contributed by atoms with Gasteiger partial charge in [-0.05, 0) is 17.7 Å². The molecule has 1 saturated heterocycles. The molecule has 6 nitrogen and oxygen atoms in total. The van der Waals surface area contributed by atoms with Crippen LogP contribution in [-0.2, 0) is 11.2 Å². The number of aromatic nitrogens is 2. The Morgan fingerprint density at radius 1 is 1.32 bits per heavy atom. The van der Waals surface area contributed by atoms with Crippen molar-refractivity contribution in [2.75, 3.05) is 13.1 Å². The predicted molar refractivity (Wildman–Crippen MR) is 92.0 cm³/mol. The van der Waals surface area contributed by atoms with Crippen molar-refractivity contribution in [3.63, 3.8) is 0 Å². The number of likely N-dealkylation sites (tertiary alicyclic amines) is 1. The highest BCUT2D eigenvalue weighted by atomic mass is 16.5. The number of carbonyl (C=O) groups is 1. The second kappa shape index (κ2) is 6.29. The molecule has 1 fully saturated rings. The third-order valence-corrected chi connectivity index (χ3v) is 4.37. The van der Waals surface area contributed by atoms with Crippen LogP contribution in [-0.4, -0.2) is 40.0 Å². The zero-order valence-electron chi connectivity index (χ0n) is 13.5. The van der Waals surface area contributed by atoms with Gasteiger partial charge in [-0.2, -0.15) is 5.26 Å². The van der Waals surface area contributed by atoms with Crippen LogP contribution in [0, 0.1) is 11.3 Å². The minimum atomic E-state index is -0.0487. The number of para-hydroxylation sites is 1. The number of amides is 1. The van der Waals surface area contributed by atoms with Gasteiger partial charge in [0.15, 0.2) is 0 Å². The topological polar surface area (TPSA) is 82.0 Å². The maximum absolute atomic E-state index is 12.4. The number of H-pyrrole nitrogens is 1. The number of ether oxygens (including phenoxy) is 1. The first-order valence-corrected chi connectivity index (χ1v) is 8.08. The molecule has 124 valence electrons. The Hall–Kier alpha value is -3.33. The van der Waals surface area contributed by atoms with Crippen LogP contribution in [0.5, 0.6) is 5.88 Å². The number of nitrogens with zero attached hydrogens (tertiary/aromatic N) is 3. The Morgan fingerprint density at radius 2 is 2.16 bits per heavy atom. The summed E-state index contributed by atoms with van der Waals surface area (Å²) in [5, 5.41) is 9.85. The molecule has 0 aliphatic carbocycles. The molecule has 0 atom stereocenters. The molecule has 4 rings (SSSR count). The van der Waals surface area contributed by atoms with Crippen molar-refractivity contribution in [1.29, 1.82) is 5.26 Å². The molecule has 3 aromatic rings. The second-order valence-electron chi connectivity index (χ2n) is 6.07. The molecule has 1 amide bonds. The fourth-order valence-corrected chi connectivity index (χ4v) is 2.96. The normalized spacial score (nSPS) is 14.1. The fourth-order valence-electron chi connectivity index (χ4n) is 2.96. The summed E-state index contributed by atoms with van der Waals surface area (Å²) in [6, 6.07) is 13.3. The third kappa shape index (κ3) is 3.04. The summed E-state index contributed by atoms with van der Waals surface area (Å²) >= 11 is 0. The van der Waals surface area contributed by atoms with Gasteiger partial charge >= 0.3 is 0 Å². The minimum Gasteiger partial charge on any atom is -0.471 e. The fraction of sp³-hybridized carbons (Fsp3) is 0.211. The maximum Gasteiger partial charge on any atom is 0.227 e. The summed E-state index contributed by atoms with van der Waals surface area (Å²) in [5.74, 6) is 0.574. The predicted octanol–water partition coefficient (Wildman–Crippen LogP) is 2.27. The summed E-state index contributed by atoms with van der Waals surface area (Å²) in [4.78, 5) is 21.5. The minimum absolute atomic E-state index is 0.0487. The van der Waals surface area contributed by atoms with Gasteiger partial charge in [0, 0.05) is 29.4 Å². The van der Waals surface area contributed by atoms with Crippen LogP contribution in [0.15, 0.2) is 48.8 Å². The van der Waals surface area contributed by atoms with Gasteiger partial charge in [0.05, 0.1) is 25.1 Å². The van der Waals surface area contributed by atoms with Gasteiger partial charge in [-0.25, -0.2) is 4.98 Å². The summed E-state index contributed by atoms with van der Waals surface area (Å²) in [6.07, 6.45) is 3.71. The van der Waals surface area contributed by atoms with Crippen molar-refractivity contribution in [3.05, 3.63) is 59.9 Å². The van der Waals surface area contributed by atoms with E-state index in [1.807, 2.05) is 36.5 Å². The number of pyridine rings is 1. The van der Waals surface area contributed by atoms with Crippen molar-refractivity contribution in [3.8, 4) is 11.9 Å². The first-order chi connectivity index (χ1) is 12.2. The van der Waals surface area contributed by atoms with Crippen LogP contribution in [0.2, 0.25) is 0 Å². The molecule has 2 aromatic heterocycles. The Bertz CT molecular complexity index is 949. The summed E-state index contributed by atoms with van der Waals surface area (Å²) in [7, 11) is 0. The van der Waals surface area contributed by atoms with Gasteiger partial charge in [0.2, 0.25) is 11.8 Å². The van der Waals surface area contributed by atoms with E-state index in [0.29, 0.717) is 31.0 Å². The van der Waals surface area contributed by atoms with Gasteiger partial charge in [0.1, 0.15) is 12.2 Å². The summed E-state index contributed by atoms with van der Waals surface area (Å²) in [5.41, 5.74) is 2.55. The summed E-state index contributed by atoms with van der Waals surface area (Å²) < 4.78 is 5.72. The van der Waals surface area contributed by atoms with Crippen molar-refractivity contribution in [2.24, 2.45) is 0 Å². The zero-order valence-corrected chi connectivity index (χ0v) is 13.5. The van der Waals surface area contributed by atoms with E-state index in [0.717, 1.165) is 16.5 Å². The third-order valence-electron chi connectivity index (χ3n) is 4.37. The molecule has 0 bridgehead atoms. The molecule has 1 aliphatic rings. The van der Waals surface area contributed by atoms with Gasteiger partial charge in [0.25, 0.3) is 0 Å². The highest BCUT2D eigenvalue weighted by Gasteiger charge is 2.32. The van der Waals surface area contributed by atoms with E-state index >= 15 is 0 Å². The number of aromatic amines is 1. The average molecular weight is 332 g/mol. The van der Waals surface area contributed by atoms with Crippen LogP contribution < -0.4 is 4.74 Å². The Morgan fingerprint density at radius 3 is 2.92 bits per heavy atom. The lowest BCUT2D eigenvalue weighted by Gasteiger charge is -2.38. The molecule has 1 aromatic carbocycles. The van der Waals surface area contributed by atoms with E-state index in [1.165, 1.54) is 6.20 Å². The number of rotatable bonds is 4. The zero-order chi connectivity index (χ0) is 17.2. The van der Waals surface area contributed by atoms with Gasteiger partial charge in [-0.15, -0.1) is 0 Å². The van der Waals surface area contributed by atoms with Crippen LogP contribution in [0.1, 0.15) is 11.1 Å². The van der Waals surface area contributed by atoms with Crippen LogP contribution >= 0.6 is 0 Å². The van der Waals surface area contributed by atoms with Crippen molar-refractivity contribution in [2.45, 2.75) is 12.5 Å². The van der Waals surface area contributed by atoms with E-state index in [1.54, 1.807) is 17.0 Å². The van der Waals surface area contributed by atoms with E-state index in [9.17, 15) is 4.79 Å². The molecule has 0 unspecified atom stereocenters. The van der Waals surface area contributed by atoms with Crippen molar-refractivity contribution < 1.29 is 9.53 Å². The quantitative estimate of drug-likeness (QED) is 0.794. The second-order valence-corrected chi connectivity index (χ2v) is 6.07. The highest BCUT2D eigenvalue weighted by Crippen LogP contribution is 2.21. The standard InChI is InChI=1S/C19H16N4O2/c20-8-13-5-6-18(22-9-13)25-15-11-23(12-15)19(24)7-14-10-21-17-4-2-1-3-16(14)17/h1-6,9-10,15,21H,7,11-12H2. The number of carbonyl (C=O) groups excluding carboxylic acids is 1. The number of hydrogen-bond donors (Lipinski definition) is 1. The van der Waals surface area contributed by atoms with Gasteiger partial charge in [-0.1, -0.05) is 18.2 Å². The van der Waals surface area contributed by atoms with E-state index < -0.39 is 0 Å². The SMILES string of the molecule is N#Cc1ccc(OC2CN(C(=O)Cc3c[nH]c4ccccc34)C2)nc1. The first kappa shape index (κ1) is 15.2. The Balaban J connectivity index is 1.32. The van der Waals surface area contributed by atoms with Crippen molar-refractivity contribution >= 4 is 16.8 Å². The number of hydrogen-bond acceptors (Lipinski definition) is 4. The molecule has 3 heterocycles. The monoisotopic (exact) mass is 332 g/mol. The Kier molecular flexibility index (Phi) is 3.82. The number of fused-ring (bicyclic) bond motifs is 1. The average Bonchev–Trinajstić information content (AvgIpc) is 3.01. The molecular formula is C19H16N4O2. The number of nitrogens with one attached hydrogen (secondary N) is 1. The number of benzene rings is 1. The summed E-state index contributed by atoms with van der Waals surface area (Å²) in [6.45, 7) is 1.12. The van der Waals surface area contributed by atoms with E-state index in [2.05, 4.69) is 9.97 Å². The molecule has 1 N–H and O–H groups in total. The molecule has 0 radical (unpaired) electrons. The number of nitriles is 1. The Labute approximate surface area is 144 Å². The van der Waals surface area contributed by atoms with E-state index in [-0.39, 0.29) is 12.0 Å². The van der Waals surface area contributed by atoms with Crippen LogP contribution in [0.4, 0.5) is 0 Å². The molecule has 6 heteroatoms. The van der Waals surface area contributed by atoms with Gasteiger partial charge in [-0.3, -0.25) is 4.79 Å². The first-order valence-electron chi connectivity index (χ1n) is 8.08. The molecule has 25 heavy (non-hydrogen) atoms. The molecule has 1 aliphatic heterocycles. The van der Waals surface area contributed by atoms with Crippen LogP contribution in [0.25, 0.3) is 10.9 Å². The van der Waals surface area contributed by atoms with Crippen LogP contribution in [0.3, 0.4) is 0 Å². The molecule has 0 spiro atoms. The van der Waals surface area contributed by atoms with Crippen molar-refractivity contribution in [1.82, 2.24) is 14.9 Å². The lowest BCUT2D eigenvalue weighted by atomic mass is 10.1. The van der Waals surface area contributed by atoms with Gasteiger partial charge < -0.3 is 14.6 Å². The largest absolute Gasteiger partial charge is 0.471 e. The van der Waals surface area contributed by atoms with E-state index in [4.69, 9.17) is 10.00 Å². The highest BCUT2D eigenvalue weighted by molar-refractivity contribution is 5.89. The smallest absolute Gasteiger partial charge is 0.227 e. The lowest BCUT2D eigenvalue weighted by Crippen LogP contribution is -2.56.